The Bertz CT molecular complexity index is 1220. The molecule has 5 N–H and O–H groups in total. The highest BCUT2D eigenvalue weighted by molar-refractivity contribution is 5.96. The van der Waals surface area contributed by atoms with E-state index in [1.54, 1.807) is 19.1 Å². The molecule has 2 aromatic rings. The number of aliphatic hydroxyl groups is 1. The summed E-state index contributed by atoms with van der Waals surface area (Å²) in [5.41, 5.74) is 8.09. The normalized spacial score (nSPS) is 18.6. The molecule has 3 rings (SSSR count). The first-order valence-electron chi connectivity index (χ1n) is 13.5. The number of carbonyl (C=O) groups is 2. The topological polar surface area (TPSA) is 104 Å². The number of allylic oxidation sites excluding steroid dienone is 2. The summed E-state index contributed by atoms with van der Waals surface area (Å²) in [6, 6.07) is 11.2. The summed E-state index contributed by atoms with van der Waals surface area (Å²) >= 11 is 0. The predicted molar refractivity (Wildman–Crippen MR) is 148 cm³/mol. The van der Waals surface area contributed by atoms with Crippen LogP contribution in [0.3, 0.4) is 0 Å². The second-order valence-corrected chi connectivity index (χ2v) is 10.4. The van der Waals surface area contributed by atoms with Gasteiger partial charge < -0.3 is 21.5 Å². The van der Waals surface area contributed by atoms with Gasteiger partial charge in [0.2, 0.25) is 11.8 Å². The van der Waals surface area contributed by atoms with E-state index in [2.05, 4.69) is 23.6 Å². The van der Waals surface area contributed by atoms with Crippen molar-refractivity contribution >= 4 is 11.8 Å². The molecule has 39 heavy (non-hydrogen) atoms. The molecule has 0 saturated carbocycles. The largest absolute Gasteiger partial charge is 0.391 e. The van der Waals surface area contributed by atoms with Crippen LogP contribution in [0.2, 0.25) is 0 Å². The van der Waals surface area contributed by atoms with Gasteiger partial charge in [0.15, 0.2) is 0 Å². The Balaban J connectivity index is 1.94. The Morgan fingerprint density at radius 3 is 2.41 bits per heavy atom. The minimum absolute atomic E-state index is 0.0283. The van der Waals surface area contributed by atoms with E-state index in [4.69, 9.17) is 5.73 Å². The van der Waals surface area contributed by atoms with Gasteiger partial charge in [0.05, 0.1) is 11.5 Å². The number of aryl methyl sites for hydroxylation is 1. The van der Waals surface area contributed by atoms with Crippen molar-refractivity contribution in [1.82, 2.24) is 10.6 Å². The monoisotopic (exact) mass is 539 g/mol. The molecule has 0 bridgehead atoms. The van der Waals surface area contributed by atoms with Crippen molar-refractivity contribution in [1.29, 1.82) is 0 Å². The maximum atomic E-state index is 14.1. The van der Waals surface area contributed by atoms with Crippen molar-refractivity contribution in [3.8, 4) is 0 Å². The minimum atomic E-state index is -1.45. The third-order valence-electron chi connectivity index (χ3n) is 7.24. The molecule has 6 nitrogen and oxygen atoms in total. The van der Waals surface area contributed by atoms with Crippen LogP contribution in [-0.4, -0.2) is 36.1 Å². The molecule has 2 amide bonds. The number of benzene rings is 2. The molecule has 1 aliphatic carbocycles. The Hall–Kier alpha value is -3.36. The zero-order valence-electron chi connectivity index (χ0n) is 22.9. The van der Waals surface area contributed by atoms with Gasteiger partial charge in [-0.2, -0.15) is 0 Å². The van der Waals surface area contributed by atoms with Gasteiger partial charge in [-0.05, 0) is 61.4 Å². The Kier molecular flexibility index (Phi) is 10.5. The quantitative estimate of drug-likeness (QED) is 0.308. The molecule has 0 spiro atoms. The van der Waals surface area contributed by atoms with Gasteiger partial charge in [-0.3, -0.25) is 9.59 Å². The summed E-state index contributed by atoms with van der Waals surface area (Å²) in [5, 5.41) is 17.6. The molecular formula is C31H39F2N3O3. The zero-order chi connectivity index (χ0) is 28.6. The molecule has 2 aromatic carbocycles. The third kappa shape index (κ3) is 7.83. The standard InChI is InChI=1S/C31H39F2N3O3/c1-4-9-36-29(38)24-10-20(3)16-31(17-24,30(34)39)27(14-23-12-25(32)15-26(33)13-23)28(37)19-35-18-22-8-6-7-21(5-2)11-22/h6-8,10-13,15-16,27-28,35,37H,4-5,9,14,17-19H2,1-3H3,(H2,34,39)(H,36,38)/t27-,28+,31?/m1/s1. The lowest BCUT2D eigenvalue weighted by molar-refractivity contribution is -0.131. The van der Waals surface area contributed by atoms with Gasteiger partial charge in [-0.15, -0.1) is 0 Å². The first-order valence-corrected chi connectivity index (χ1v) is 13.5. The van der Waals surface area contributed by atoms with Crippen LogP contribution in [0.15, 0.2) is 65.8 Å². The van der Waals surface area contributed by atoms with Gasteiger partial charge in [-0.1, -0.05) is 55.8 Å². The van der Waals surface area contributed by atoms with E-state index in [0.29, 0.717) is 24.2 Å². The van der Waals surface area contributed by atoms with Crippen LogP contribution in [0.25, 0.3) is 0 Å². The number of hydrogen-bond acceptors (Lipinski definition) is 4. The number of nitrogens with one attached hydrogen (secondary N) is 2. The SMILES string of the molecule is CCCNC(=O)C1=CC(C)=CC(C(N)=O)([C@H](Cc2cc(F)cc(F)c2)[C@@H](O)CNCc2cccc(CC)c2)C1. The van der Waals surface area contributed by atoms with Gasteiger partial charge >= 0.3 is 0 Å². The highest BCUT2D eigenvalue weighted by Gasteiger charge is 2.48. The summed E-state index contributed by atoms with van der Waals surface area (Å²) in [6.45, 7) is 6.82. The maximum Gasteiger partial charge on any atom is 0.247 e. The van der Waals surface area contributed by atoms with Gasteiger partial charge in [0.1, 0.15) is 11.6 Å². The molecule has 0 fully saturated rings. The Morgan fingerprint density at radius 1 is 1.08 bits per heavy atom. The minimum Gasteiger partial charge on any atom is -0.391 e. The molecule has 0 aliphatic heterocycles. The van der Waals surface area contributed by atoms with Crippen molar-refractivity contribution in [2.75, 3.05) is 13.1 Å². The number of rotatable bonds is 13. The maximum absolute atomic E-state index is 14.1. The molecule has 3 atom stereocenters. The summed E-state index contributed by atoms with van der Waals surface area (Å²) < 4.78 is 28.2. The van der Waals surface area contributed by atoms with Crippen LogP contribution in [0.4, 0.5) is 8.78 Å². The van der Waals surface area contributed by atoms with Crippen molar-refractivity contribution < 1.29 is 23.5 Å². The summed E-state index contributed by atoms with van der Waals surface area (Å²) in [5.74, 6) is -3.41. The van der Waals surface area contributed by atoms with E-state index < -0.39 is 35.0 Å². The zero-order valence-corrected chi connectivity index (χ0v) is 22.9. The Morgan fingerprint density at radius 2 is 1.77 bits per heavy atom. The van der Waals surface area contributed by atoms with Crippen LogP contribution < -0.4 is 16.4 Å². The summed E-state index contributed by atoms with van der Waals surface area (Å²) in [4.78, 5) is 26.1. The van der Waals surface area contributed by atoms with Crippen LogP contribution in [-0.2, 0) is 29.0 Å². The second-order valence-electron chi connectivity index (χ2n) is 10.4. The van der Waals surface area contributed by atoms with Crippen LogP contribution in [0.1, 0.15) is 50.3 Å². The summed E-state index contributed by atoms with van der Waals surface area (Å²) in [7, 11) is 0. The first-order chi connectivity index (χ1) is 18.6. The van der Waals surface area contributed by atoms with Crippen LogP contribution in [0.5, 0.6) is 0 Å². The summed E-state index contributed by atoms with van der Waals surface area (Å²) in [6.07, 6.45) is 3.84. The number of carbonyl (C=O) groups excluding carboxylic acids is 2. The van der Waals surface area contributed by atoms with E-state index in [1.165, 1.54) is 17.7 Å². The lowest BCUT2D eigenvalue weighted by Gasteiger charge is -2.41. The highest BCUT2D eigenvalue weighted by Crippen LogP contribution is 2.44. The fraction of sp³-hybridized carbons (Fsp3) is 0.419. The molecule has 1 aliphatic rings. The van der Waals surface area contributed by atoms with E-state index in [-0.39, 0.29) is 30.9 Å². The molecule has 0 saturated heterocycles. The average molecular weight is 540 g/mol. The lowest BCUT2D eigenvalue weighted by atomic mass is 9.63. The van der Waals surface area contributed by atoms with Gasteiger partial charge in [-0.25, -0.2) is 8.78 Å². The van der Waals surface area contributed by atoms with Crippen LogP contribution in [0, 0.1) is 23.0 Å². The number of hydrogen-bond donors (Lipinski definition) is 4. The molecule has 8 heteroatoms. The highest BCUT2D eigenvalue weighted by atomic mass is 19.1. The average Bonchev–Trinajstić information content (AvgIpc) is 2.89. The number of amides is 2. The third-order valence-corrected chi connectivity index (χ3v) is 7.24. The van der Waals surface area contributed by atoms with E-state index >= 15 is 0 Å². The van der Waals surface area contributed by atoms with Gasteiger partial charge in [0, 0.05) is 37.2 Å². The molecule has 1 unspecified atom stereocenters. The van der Waals surface area contributed by atoms with Crippen molar-refractivity contribution in [2.45, 2.75) is 59.1 Å². The number of aliphatic hydroxyl groups excluding tert-OH is 1. The molecular weight excluding hydrogens is 500 g/mol. The van der Waals surface area contributed by atoms with E-state index in [0.717, 1.165) is 24.5 Å². The lowest BCUT2D eigenvalue weighted by Crippen LogP contribution is -2.51. The molecule has 0 radical (unpaired) electrons. The first kappa shape index (κ1) is 30.2. The van der Waals surface area contributed by atoms with Crippen molar-refractivity contribution in [2.24, 2.45) is 17.1 Å². The number of nitrogens with two attached hydrogens (primary N) is 1. The second kappa shape index (κ2) is 13.6. The van der Waals surface area contributed by atoms with E-state index in [9.17, 15) is 23.5 Å². The molecule has 0 heterocycles. The Labute approximate surface area is 229 Å². The van der Waals surface area contributed by atoms with Gasteiger partial charge in [0.25, 0.3) is 0 Å². The van der Waals surface area contributed by atoms with Crippen molar-refractivity contribution in [3.63, 3.8) is 0 Å². The smallest absolute Gasteiger partial charge is 0.247 e. The number of halogens is 2. The van der Waals surface area contributed by atoms with Crippen molar-refractivity contribution in [3.05, 3.63) is 94.1 Å². The predicted octanol–water partition coefficient (Wildman–Crippen LogP) is 4.11. The molecule has 0 aromatic heterocycles. The molecule has 210 valence electrons. The van der Waals surface area contributed by atoms with E-state index in [1.807, 2.05) is 25.1 Å². The fourth-order valence-electron chi connectivity index (χ4n) is 5.33. The van der Waals surface area contributed by atoms with Crippen LogP contribution >= 0.6 is 0 Å². The number of primary amides is 1. The fourth-order valence-corrected chi connectivity index (χ4v) is 5.33.